The Labute approximate surface area is 127 Å². The zero-order chi connectivity index (χ0) is 14.7. The standard InChI is InChI=1S/C16H28N2O3/c1-12-8-17-9-15(12)16(19)18(10-13-4-2-6-20-13)11-14-5-3-7-21-14/h12-15,17H,2-11H2,1H3. The van der Waals surface area contributed by atoms with Crippen LogP contribution < -0.4 is 5.32 Å². The molecule has 0 aromatic carbocycles. The maximum Gasteiger partial charge on any atom is 0.227 e. The quantitative estimate of drug-likeness (QED) is 0.823. The van der Waals surface area contributed by atoms with E-state index < -0.39 is 0 Å². The van der Waals surface area contributed by atoms with Gasteiger partial charge in [-0.05, 0) is 38.1 Å². The molecule has 0 aromatic heterocycles. The highest BCUT2D eigenvalue weighted by atomic mass is 16.5. The van der Waals surface area contributed by atoms with Crippen molar-refractivity contribution in [2.24, 2.45) is 11.8 Å². The summed E-state index contributed by atoms with van der Waals surface area (Å²) in [6.45, 7) is 7.09. The second-order valence-corrected chi connectivity index (χ2v) is 6.76. The molecule has 0 aromatic rings. The van der Waals surface area contributed by atoms with E-state index in [2.05, 4.69) is 12.2 Å². The summed E-state index contributed by atoms with van der Waals surface area (Å²) in [4.78, 5) is 14.9. The minimum Gasteiger partial charge on any atom is -0.376 e. The number of rotatable bonds is 5. The molecular weight excluding hydrogens is 268 g/mol. The van der Waals surface area contributed by atoms with E-state index >= 15 is 0 Å². The summed E-state index contributed by atoms with van der Waals surface area (Å²) in [5, 5.41) is 3.34. The van der Waals surface area contributed by atoms with Gasteiger partial charge in [0.05, 0.1) is 18.1 Å². The first kappa shape index (κ1) is 15.3. The molecule has 3 aliphatic rings. The van der Waals surface area contributed by atoms with Gasteiger partial charge in [0.25, 0.3) is 0 Å². The van der Waals surface area contributed by atoms with Crippen LogP contribution in [0.5, 0.6) is 0 Å². The number of carbonyl (C=O) groups is 1. The molecule has 3 saturated heterocycles. The summed E-state index contributed by atoms with van der Waals surface area (Å²) in [5.41, 5.74) is 0. The fraction of sp³-hybridized carbons (Fsp3) is 0.938. The molecule has 0 bridgehead atoms. The van der Waals surface area contributed by atoms with Gasteiger partial charge in [0.1, 0.15) is 0 Å². The maximum absolute atomic E-state index is 12.9. The Kier molecular flexibility index (Phi) is 5.14. The smallest absolute Gasteiger partial charge is 0.227 e. The number of hydrogen-bond donors (Lipinski definition) is 1. The van der Waals surface area contributed by atoms with Crippen LogP contribution >= 0.6 is 0 Å². The van der Waals surface area contributed by atoms with Crippen LogP contribution in [0.3, 0.4) is 0 Å². The number of amides is 1. The lowest BCUT2D eigenvalue weighted by Crippen LogP contribution is -2.46. The van der Waals surface area contributed by atoms with Gasteiger partial charge in [-0.15, -0.1) is 0 Å². The molecule has 4 unspecified atom stereocenters. The average molecular weight is 296 g/mol. The summed E-state index contributed by atoms with van der Waals surface area (Å²) >= 11 is 0. The number of ether oxygens (including phenoxy) is 2. The van der Waals surface area contributed by atoms with Gasteiger partial charge in [-0.25, -0.2) is 0 Å². The van der Waals surface area contributed by atoms with Gasteiger partial charge >= 0.3 is 0 Å². The molecule has 4 atom stereocenters. The van der Waals surface area contributed by atoms with E-state index in [9.17, 15) is 4.79 Å². The van der Waals surface area contributed by atoms with Crippen LogP contribution in [0.15, 0.2) is 0 Å². The predicted octanol–water partition coefficient (Wildman–Crippen LogP) is 1.03. The van der Waals surface area contributed by atoms with Crippen molar-refractivity contribution in [3.05, 3.63) is 0 Å². The topological polar surface area (TPSA) is 50.8 Å². The number of nitrogens with zero attached hydrogens (tertiary/aromatic N) is 1. The predicted molar refractivity (Wildman–Crippen MR) is 80.1 cm³/mol. The molecule has 5 heteroatoms. The van der Waals surface area contributed by atoms with E-state index in [1.165, 1.54) is 0 Å². The molecule has 0 aliphatic carbocycles. The lowest BCUT2D eigenvalue weighted by atomic mass is 9.96. The first-order valence-corrected chi connectivity index (χ1v) is 8.46. The average Bonchev–Trinajstić information content (AvgIpc) is 3.19. The van der Waals surface area contributed by atoms with Crippen molar-refractivity contribution >= 4 is 5.91 Å². The number of nitrogens with one attached hydrogen (secondary N) is 1. The van der Waals surface area contributed by atoms with Crippen molar-refractivity contribution in [2.45, 2.75) is 44.8 Å². The van der Waals surface area contributed by atoms with Gasteiger partial charge in [-0.2, -0.15) is 0 Å². The third-order valence-electron chi connectivity index (χ3n) is 5.04. The summed E-state index contributed by atoms with van der Waals surface area (Å²) in [7, 11) is 0. The van der Waals surface area contributed by atoms with E-state index in [0.717, 1.165) is 65.1 Å². The molecule has 1 N–H and O–H groups in total. The molecule has 0 radical (unpaired) electrons. The Balaban J connectivity index is 1.62. The van der Waals surface area contributed by atoms with Crippen molar-refractivity contribution in [2.75, 3.05) is 39.4 Å². The van der Waals surface area contributed by atoms with Crippen LogP contribution in [0, 0.1) is 11.8 Å². The van der Waals surface area contributed by atoms with E-state index in [-0.39, 0.29) is 18.1 Å². The van der Waals surface area contributed by atoms with Crippen LogP contribution in [0.4, 0.5) is 0 Å². The first-order chi connectivity index (χ1) is 10.2. The Hall–Kier alpha value is -0.650. The van der Waals surface area contributed by atoms with Gasteiger partial charge in [0.15, 0.2) is 0 Å². The normalized spacial score (nSPS) is 36.2. The van der Waals surface area contributed by atoms with E-state index in [1.54, 1.807) is 0 Å². The van der Waals surface area contributed by atoms with E-state index in [4.69, 9.17) is 9.47 Å². The first-order valence-electron chi connectivity index (χ1n) is 8.46. The van der Waals surface area contributed by atoms with Gasteiger partial charge in [-0.1, -0.05) is 6.92 Å². The number of hydrogen-bond acceptors (Lipinski definition) is 4. The van der Waals surface area contributed by atoms with Crippen LogP contribution in [0.25, 0.3) is 0 Å². The summed E-state index contributed by atoms with van der Waals surface area (Å²) < 4.78 is 11.5. The van der Waals surface area contributed by atoms with E-state index in [1.807, 2.05) is 4.90 Å². The van der Waals surface area contributed by atoms with Crippen LogP contribution in [-0.2, 0) is 14.3 Å². The Morgan fingerprint density at radius 3 is 2.14 bits per heavy atom. The highest BCUT2D eigenvalue weighted by Gasteiger charge is 2.35. The van der Waals surface area contributed by atoms with Crippen molar-refractivity contribution in [1.29, 1.82) is 0 Å². The minimum absolute atomic E-state index is 0.118. The second-order valence-electron chi connectivity index (χ2n) is 6.76. The van der Waals surface area contributed by atoms with Crippen LogP contribution in [0.2, 0.25) is 0 Å². The molecule has 21 heavy (non-hydrogen) atoms. The van der Waals surface area contributed by atoms with Crippen molar-refractivity contribution in [3.63, 3.8) is 0 Å². The molecule has 3 fully saturated rings. The van der Waals surface area contributed by atoms with Crippen LogP contribution in [0.1, 0.15) is 32.6 Å². The van der Waals surface area contributed by atoms with Crippen molar-refractivity contribution < 1.29 is 14.3 Å². The third kappa shape index (κ3) is 3.76. The lowest BCUT2D eigenvalue weighted by molar-refractivity contribution is -0.139. The second kappa shape index (κ2) is 7.07. The van der Waals surface area contributed by atoms with Crippen molar-refractivity contribution in [3.8, 4) is 0 Å². The zero-order valence-electron chi connectivity index (χ0n) is 13.1. The summed E-state index contributed by atoms with van der Waals surface area (Å²) in [5.74, 6) is 0.834. The molecule has 3 heterocycles. The third-order valence-corrected chi connectivity index (χ3v) is 5.04. The molecule has 5 nitrogen and oxygen atoms in total. The molecule has 3 rings (SSSR count). The Morgan fingerprint density at radius 1 is 1.10 bits per heavy atom. The molecule has 120 valence electrons. The maximum atomic E-state index is 12.9. The lowest BCUT2D eigenvalue weighted by Gasteiger charge is -2.31. The summed E-state index contributed by atoms with van der Waals surface area (Å²) in [6.07, 6.45) is 4.84. The largest absolute Gasteiger partial charge is 0.376 e. The van der Waals surface area contributed by atoms with Crippen LogP contribution in [-0.4, -0.2) is 62.4 Å². The zero-order valence-corrected chi connectivity index (χ0v) is 13.1. The van der Waals surface area contributed by atoms with Gasteiger partial charge in [0, 0.05) is 32.8 Å². The highest BCUT2D eigenvalue weighted by molar-refractivity contribution is 5.79. The van der Waals surface area contributed by atoms with E-state index in [0.29, 0.717) is 11.8 Å². The fourth-order valence-electron chi connectivity index (χ4n) is 3.70. The van der Waals surface area contributed by atoms with Gasteiger partial charge in [0.2, 0.25) is 5.91 Å². The molecule has 3 aliphatic heterocycles. The monoisotopic (exact) mass is 296 g/mol. The van der Waals surface area contributed by atoms with Crippen molar-refractivity contribution in [1.82, 2.24) is 10.2 Å². The molecule has 0 saturated carbocycles. The number of carbonyl (C=O) groups excluding carboxylic acids is 1. The van der Waals surface area contributed by atoms with Gasteiger partial charge < -0.3 is 19.7 Å². The molecular formula is C16H28N2O3. The Morgan fingerprint density at radius 2 is 1.71 bits per heavy atom. The Bertz CT molecular complexity index is 333. The fourth-order valence-corrected chi connectivity index (χ4v) is 3.70. The highest BCUT2D eigenvalue weighted by Crippen LogP contribution is 2.23. The van der Waals surface area contributed by atoms with Gasteiger partial charge in [-0.3, -0.25) is 4.79 Å². The molecule has 1 amide bonds. The summed E-state index contributed by atoms with van der Waals surface area (Å²) in [6, 6.07) is 0. The minimum atomic E-state index is 0.118. The SMILES string of the molecule is CC1CNCC1C(=O)N(CC1CCCO1)CC1CCCO1. The molecule has 0 spiro atoms.